The third-order valence-corrected chi connectivity index (χ3v) is 2.37. The number of ether oxygens (including phenoxy) is 1. The molecule has 110 valence electrons. The van der Waals surface area contributed by atoms with Gasteiger partial charge in [-0.1, -0.05) is 0 Å². The minimum Gasteiger partial charge on any atom is -0.435 e. The van der Waals surface area contributed by atoms with Crippen molar-refractivity contribution in [1.29, 1.82) is 0 Å². The number of nitrogens with one attached hydrogen (secondary N) is 2. The van der Waals surface area contributed by atoms with Crippen LogP contribution in [0.5, 0.6) is 5.75 Å². The molecule has 1 aromatic carbocycles. The van der Waals surface area contributed by atoms with E-state index >= 15 is 0 Å². The maximum absolute atomic E-state index is 12.0. The number of nitrogens with two attached hydrogens (primary N) is 1. The van der Waals surface area contributed by atoms with Crippen molar-refractivity contribution in [2.75, 3.05) is 10.7 Å². The standard InChI is InChI=1S/C12H11F2N5O2/c13-12(14)21-8-3-1-7(2-4-8)18-11(20)9-5-17-10(19-15)6-16-9/h1-6,12H,15H2,(H,17,19)(H,18,20). The lowest BCUT2D eigenvalue weighted by Gasteiger charge is -2.07. The van der Waals surface area contributed by atoms with Crippen molar-refractivity contribution in [3.63, 3.8) is 0 Å². The fourth-order valence-corrected chi connectivity index (χ4v) is 1.43. The Kier molecular flexibility index (Phi) is 4.57. The molecule has 1 aromatic heterocycles. The fourth-order valence-electron chi connectivity index (χ4n) is 1.43. The molecule has 0 radical (unpaired) electrons. The number of anilines is 2. The molecule has 0 aliphatic rings. The largest absolute Gasteiger partial charge is 0.435 e. The van der Waals surface area contributed by atoms with Gasteiger partial charge in [0.25, 0.3) is 5.91 Å². The number of rotatable bonds is 5. The number of aromatic nitrogens is 2. The monoisotopic (exact) mass is 295 g/mol. The van der Waals surface area contributed by atoms with Gasteiger partial charge < -0.3 is 15.5 Å². The van der Waals surface area contributed by atoms with Crippen molar-refractivity contribution in [3.8, 4) is 5.75 Å². The maximum Gasteiger partial charge on any atom is 0.387 e. The fraction of sp³-hybridized carbons (Fsp3) is 0.0833. The van der Waals surface area contributed by atoms with Crippen molar-refractivity contribution in [3.05, 3.63) is 42.4 Å². The molecular formula is C12H11F2N5O2. The highest BCUT2D eigenvalue weighted by atomic mass is 19.3. The lowest BCUT2D eigenvalue weighted by atomic mass is 10.3. The van der Waals surface area contributed by atoms with Gasteiger partial charge in [0, 0.05) is 5.69 Å². The lowest BCUT2D eigenvalue weighted by Crippen LogP contribution is -2.15. The quantitative estimate of drug-likeness (QED) is 0.572. The zero-order valence-electron chi connectivity index (χ0n) is 10.6. The average molecular weight is 295 g/mol. The normalized spacial score (nSPS) is 10.3. The number of carbonyl (C=O) groups is 1. The van der Waals surface area contributed by atoms with Gasteiger partial charge in [-0.2, -0.15) is 8.78 Å². The van der Waals surface area contributed by atoms with Crippen molar-refractivity contribution >= 4 is 17.4 Å². The van der Waals surface area contributed by atoms with Crippen LogP contribution in [0, 0.1) is 0 Å². The van der Waals surface area contributed by atoms with Crippen LogP contribution in [0.4, 0.5) is 20.3 Å². The highest BCUT2D eigenvalue weighted by Crippen LogP contribution is 2.18. The molecule has 2 rings (SSSR count). The summed E-state index contributed by atoms with van der Waals surface area (Å²) >= 11 is 0. The minimum absolute atomic E-state index is 0.00108. The van der Waals surface area contributed by atoms with Gasteiger partial charge >= 0.3 is 6.61 Å². The van der Waals surface area contributed by atoms with Crippen LogP contribution in [0.1, 0.15) is 10.5 Å². The molecule has 1 amide bonds. The van der Waals surface area contributed by atoms with E-state index in [1.165, 1.54) is 36.7 Å². The molecule has 1 heterocycles. The molecule has 0 aliphatic carbocycles. The van der Waals surface area contributed by atoms with E-state index in [0.717, 1.165) is 0 Å². The molecule has 0 atom stereocenters. The predicted octanol–water partition coefficient (Wildman–Crippen LogP) is 1.62. The van der Waals surface area contributed by atoms with E-state index in [-0.39, 0.29) is 11.4 Å². The summed E-state index contributed by atoms with van der Waals surface area (Å²) in [6, 6.07) is 5.49. The summed E-state index contributed by atoms with van der Waals surface area (Å²) in [4.78, 5) is 19.6. The summed E-state index contributed by atoms with van der Waals surface area (Å²) in [5.41, 5.74) is 2.78. The first kappa shape index (κ1) is 14.6. The van der Waals surface area contributed by atoms with Crippen LogP contribution in [0.15, 0.2) is 36.7 Å². The zero-order chi connectivity index (χ0) is 15.2. The van der Waals surface area contributed by atoms with E-state index in [4.69, 9.17) is 5.84 Å². The number of hydrogen-bond donors (Lipinski definition) is 3. The summed E-state index contributed by atoms with van der Waals surface area (Å²) in [6.07, 6.45) is 2.55. The van der Waals surface area contributed by atoms with Crippen LogP contribution in [0.25, 0.3) is 0 Å². The summed E-state index contributed by atoms with van der Waals surface area (Å²) in [5, 5.41) is 2.54. The Morgan fingerprint density at radius 3 is 2.43 bits per heavy atom. The number of carbonyl (C=O) groups excluding carboxylic acids is 1. The molecule has 0 bridgehead atoms. The third kappa shape index (κ3) is 4.08. The van der Waals surface area contributed by atoms with Gasteiger partial charge in [0.1, 0.15) is 11.4 Å². The predicted molar refractivity (Wildman–Crippen MR) is 70.9 cm³/mol. The number of alkyl halides is 2. The number of halogens is 2. The molecular weight excluding hydrogens is 284 g/mol. The number of nitrogens with zero attached hydrogens (tertiary/aromatic N) is 2. The Morgan fingerprint density at radius 1 is 1.19 bits per heavy atom. The van der Waals surface area contributed by atoms with Crippen LogP contribution < -0.4 is 21.3 Å². The summed E-state index contributed by atoms with van der Waals surface area (Å²) in [7, 11) is 0. The minimum atomic E-state index is -2.89. The van der Waals surface area contributed by atoms with Gasteiger partial charge in [-0.05, 0) is 24.3 Å². The molecule has 0 saturated carbocycles. The smallest absolute Gasteiger partial charge is 0.387 e. The highest BCUT2D eigenvalue weighted by Gasteiger charge is 2.09. The first-order valence-electron chi connectivity index (χ1n) is 5.73. The van der Waals surface area contributed by atoms with Crippen LogP contribution in [-0.2, 0) is 0 Å². The van der Waals surface area contributed by atoms with E-state index in [1.54, 1.807) is 0 Å². The molecule has 0 aliphatic heterocycles. The van der Waals surface area contributed by atoms with Crippen molar-refractivity contribution < 1.29 is 18.3 Å². The van der Waals surface area contributed by atoms with Crippen molar-refractivity contribution in [2.24, 2.45) is 5.84 Å². The van der Waals surface area contributed by atoms with Gasteiger partial charge in [-0.15, -0.1) is 0 Å². The third-order valence-electron chi connectivity index (χ3n) is 2.37. The van der Waals surface area contributed by atoms with Gasteiger partial charge in [-0.25, -0.2) is 15.8 Å². The molecule has 7 nitrogen and oxygen atoms in total. The summed E-state index contributed by atoms with van der Waals surface area (Å²) < 4.78 is 28.2. The summed E-state index contributed by atoms with van der Waals surface area (Å²) in [6.45, 7) is -2.89. The van der Waals surface area contributed by atoms with Gasteiger partial charge in [0.2, 0.25) is 0 Å². The van der Waals surface area contributed by atoms with Crippen molar-refractivity contribution in [2.45, 2.75) is 6.61 Å². The molecule has 0 spiro atoms. The van der Waals surface area contributed by atoms with E-state index < -0.39 is 12.5 Å². The summed E-state index contributed by atoms with van der Waals surface area (Å²) in [5.74, 6) is 4.96. The number of amides is 1. The average Bonchev–Trinajstić information content (AvgIpc) is 2.49. The van der Waals surface area contributed by atoms with Crippen molar-refractivity contribution in [1.82, 2.24) is 9.97 Å². The van der Waals surface area contributed by atoms with E-state index in [9.17, 15) is 13.6 Å². The molecule has 2 aromatic rings. The number of hydrogen-bond acceptors (Lipinski definition) is 6. The lowest BCUT2D eigenvalue weighted by molar-refractivity contribution is -0.0498. The SMILES string of the molecule is NNc1cnc(C(=O)Nc2ccc(OC(F)F)cc2)cn1. The Labute approximate surface area is 118 Å². The Bertz CT molecular complexity index is 604. The van der Waals surface area contributed by atoms with E-state index in [2.05, 4.69) is 25.4 Å². The first-order chi connectivity index (χ1) is 10.1. The number of nitrogen functional groups attached to an aromatic ring is 1. The molecule has 0 saturated heterocycles. The Balaban J connectivity index is 2.01. The highest BCUT2D eigenvalue weighted by molar-refractivity contribution is 6.02. The second kappa shape index (κ2) is 6.57. The zero-order valence-corrected chi connectivity index (χ0v) is 10.6. The molecule has 0 fully saturated rings. The van der Waals surface area contributed by atoms with Gasteiger partial charge in [-0.3, -0.25) is 4.79 Å². The van der Waals surface area contributed by atoms with Gasteiger partial charge in [0.05, 0.1) is 12.4 Å². The molecule has 9 heteroatoms. The second-order valence-electron chi connectivity index (χ2n) is 3.79. The van der Waals surface area contributed by atoms with E-state index in [1.807, 2.05) is 0 Å². The van der Waals surface area contributed by atoms with Crippen LogP contribution in [0.2, 0.25) is 0 Å². The second-order valence-corrected chi connectivity index (χ2v) is 3.79. The van der Waals surface area contributed by atoms with Crippen LogP contribution >= 0.6 is 0 Å². The molecule has 0 unspecified atom stereocenters. The Morgan fingerprint density at radius 2 is 1.90 bits per heavy atom. The van der Waals surface area contributed by atoms with Crippen LogP contribution in [0.3, 0.4) is 0 Å². The number of hydrazine groups is 1. The Hall–Kier alpha value is -2.81. The van der Waals surface area contributed by atoms with Gasteiger partial charge in [0.15, 0.2) is 5.82 Å². The molecule has 21 heavy (non-hydrogen) atoms. The van der Waals surface area contributed by atoms with Crippen LogP contribution in [-0.4, -0.2) is 22.5 Å². The van der Waals surface area contributed by atoms with E-state index in [0.29, 0.717) is 11.5 Å². The number of benzene rings is 1. The maximum atomic E-state index is 12.0. The first-order valence-corrected chi connectivity index (χ1v) is 5.73. The molecule has 4 N–H and O–H groups in total. The topological polar surface area (TPSA) is 102 Å².